The van der Waals surface area contributed by atoms with Crippen LogP contribution in [-0.4, -0.2) is 15.9 Å². The molecule has 0 spiro atoms. The second-order valence-corrected chi connectivity index (χ2v) is 4.55. The molecule has 82 valence electrons. The number of halogens is 1. The van der Waals surface area contributed by atoms with Gasteiger partial charge in [-0.15, -0.1) is 11.3 Å². The summed E-state index contributed by atoms with van der Waals surface area (Å²) >= 11 is 7.06. The maximum atomic E-state index is 11.0. The number of aromatic nitrogens is 2. The summed E-state index contributed by atoms with van der Waals surface area (Å²) in [4.78, 5) is 19.9. The maximum Gasteiger partial charge on any atom is 0.277 e. The molecule has 0 atom stereocenters. The summed E-state index contributed by atoms with van der Waals surface area (Å²) in [7, 11) is 0. The average Bonchev–Trinajstić information content (AvgIpc) is 2.60. The molecule has 0 radical (unpaired) electrons. The van der Waals surface area contributed by atoms with Gasteiger partial charge in [0.1, 0.15) is 5.15 Å². The van der Waals surface area contributed by atoms with Crippen molar-refractivity contribution in [2.24, 2.45) is 5.73 Å². The van der Waals surface area contributed by atoms with Gasteiger partial charge in [0.15, 0.2) is 5.01 Å². The fourth-order valence-electron chi connectivity index (χ4n) is 1.31. The molecule has 0 aliphatic rings. The summed E-state index contributed by atoms with van der Waals surface area (Å²) in [5.74, 6) is -0.514. The Morgan fingerprint density at radius 2 is 2.31 bits per heavy atom. The van der Waals surface area contributed by atoms with E-state index in [-0.39, 0.29) is 0 Å². The van der Waals surface area contributed by atoms with E-state index in [0.717, 1.165) is 16.1 Å². The highest BCUT2D eigenvalue weighted by molar-refractivity contribution is 7.17. The third-order valence-electron chi connectivity index (χ3n) is 2.00. The van der Waals surface area contributed by atoms with Crippen LogP contribution in [0.5, 0.6) is 0 Å². The number of hydrogen-bond acceptors (Lipinski definition) is 4. The van der Waals surface area contributed by atoms with Crippen molar-refractivity contribution in [2.45, 2.75) is 6.92 Å². The van der Waals surface area contributed by atoms with Gasteiger partial charge in [-0.2, -0.15) is 0 Å². The van der Waals surface area contributed by atoms with Gasteiger partial charge >= 0.3 is 0 Å². The number of pyridine rings is 1. The normalized spacial score (nSPS) is 10.4. The zero-order valence-corrected chi connectivity index (χ0v) is 9.97. The molecule has 2 aromatic heterocycles. The van der Waals surface area contributed by atoms with Crippen LogP contribution in [-0.2, 0) is 0 Å². The quantitative estimate of drug-likeness (QED) is 0.835. The van der Waals surface area contributed by atoms with Crippen molar-refractivity contribution in [3.8, 4) is 10.4 Å². The highest BCUT2D eigenvalue weighted by atomic mass is 35.5. The first kappa shape index (κ1) is 11.0. The molecule has 0 aliphatic heterocycles. The van der Waals surface area contributed by atoms with Gasteiger partial charge in [0.05, 0.1) is 10.6 Å². The van der Waals surface area contributed by atoms with Crippen molar-refractivity contribution in [1.29, 1.82) is 0 Å². The molecule has 2 rings (SSSR count). The number of aryl methyl sites for hydroxylation is 1. The predicted octanol–water partition coefficient (Wildman–Crippen LogP) is 2.27. The Morgan fingerprint density at radius 1 is 1.56 bits per heavy atom. The molecule has 0 unspecified atom stereocenters. The molecule has 2 aromatic rings. The Hall–Kier alpha value is -1.46. The SMILES string of the molecule is Cc1nc(C(N)=O)sc1-c1ccnc(Cl)c1. The highest BCUT2D eigenvalue weighted by Gasteiger charge is 2.13. The second kappa shape index (κ2) is 4.19. The number of nitrogens with zero attached hydrogens (tertiary/aromatic N) is 2. The van der Waals surface area contributed by atoms with Gasteiger partial charge in [0.25, 0.3) is 5.91 Å². The first-order valence-corrected chi connectivity index (χ1v) is 5.66. The van der Waals surface area contributed by atoms with Crippen molar-refractivity contribution in [2.75, 3.05) is 0 Å². The summed E-state index contributed by atoms with van der Waals surface area (Å²) in [5.41, 5.74) is 6.83. The first-order valence-electron chi connectivity index (χ1n) is 4.47. The van der Waals surface area contributed by atoms with Gasteiger partial charge in [-0.1, -0.05) is 11.6 Å². The Bertz CT molecular complexity index is 553. The molecule has 4 nitrogen and oxygen atoms in total. The minimum atomic E-state index is -0.514. The van der Waals surface area contributed by atoms with Crippen LogP contribution in [0, 0.1) is 6.92 Å². The van der Waals surface area contributed by atoms with Gasteiger partial charge in [0, 0.05) is 6.20 Å². The van der Waals surface area contributed by atoms with Crippen molar-refractivity contribution in [3.63, 3.8) is 0 Å². The van der Waals surface area contributed by atoms with Crippen LogP contribution in [0.3, 0.4) is 0 Å². The monoisotopic (exact) mass is 253 g/mol. The van der Waals surface area contributed by atoms with E-state index in [1.54, 1.807) is 12.3 Å². The molecule has 0 fully saturated rings. The molecule has 0 aliphatic carbocycles. The molecular weight excluding hydrogens is 246 g/mol. The molecule has 2 heterocycles. The maximum absolute atomic E-state index is 11.0. The Morgan fingerprint density at radius 3 is 2.88 bits per heavy atom. The van der Waals surface area contributed by atoms with Crippen molar-refractivity contribution in [1.82, 2.24) is 9.97 Å². The molecule has 0 bridgehead atoms. The highest BCUT2D eigenvalue weighted by Crippen LogP contribution is 2.30. The zero-order chi connectivity index (χ0) is 11.7. The topological polar surface area (TPSA) is 68.9 Å². The number of thiazole rings is 1. The lowest BCUT2D eigenvalue weighted by Gasteiger charge is -1.97. The van der Waals surface area contributed by atoms with Crippen LogP contribution in [0.1, 0.15) is 15.5 Å². The van der Waals surface area contributed by atoms with E-state index in [1.165, 1.54) is 11.3 Å². The van der Waals surface area contributed by atoms with Crippen LogP contribution in [0.15, 0.2) is 18.3 Å². The van der Waals surface area contributed by atoms with E-state index in [9.17, 15) is 4.79 Å². The smallest absolute Gasteiger partial charge is 0.277 e. The lowest BCUT2D eigenvalue weighted by Crippen LogP contribution is -2.10. The van der Waals surface area contributed by atoms with Gasteiger partial charge in [-0.3, -0.25) is 4.79 Å². The van der Waals surface area contributed by atoms with Crippen LogP contribution < -0.4 is 5.73 Å². The lowest BCUT2D eigenvalue weighted by atomic mass is 10.2. The van der Waals surface area contributed by atoms with Crippen molar-refractivity contribution in [3.05, 3.63) is 34.2 Å². The van der Waals surface area contributed by atoms with Crippen LogP contribution in [0.2, 0.25) is 5.15 Å². The number of nitrogens with two attached hydrogens (primary N) is 1. The number of hydrogen-bond donors (Lipinski definition) is 1. The summed E-state index contributed by atoms with van der Waals surface area (Å²) in [5, 5.41) is 0.714. The standard InChI is InChI=1S/C10H8ClN3OS/c1-5-8(16-10(14-5)9(12)15)6-2-3-13-7(11)4-6/h2-4H,1H3,(H2,12,15). The molecule has 0 saturated carbocycles. The largest absolute Gasteiger partial charge is 0.364 e. The Kier molecular flexibility index (Phi) is 2.89. The van der Waals surface area contributed by atoms with Crippen LogP contribution in [0.25, 0.3) is 10.4 Å². The fraction of sp³-hybridized carbons (Fsp3) is 0.100. The van der Waals surface area contributed by atoms with E-state index in [0.29, 0.717) is 10.2 Å². The third kappa shape index (κ3) is 2.05. The Labute approximate surface area is 101 Å². The summed E-state index contributed by atoms with van der Waals surface area (Å²) in [6, 6.07) is 3.55. The lowest BCUT2D eigenvalue weighted by molar-refractivity contribution is 0.1000. The van der Waals surface area contributed by atoms with E-state index in [1.807, 2.05) is 13.0 Å². The molecular formula is C10H8ClN3OS. The van der Waals surface area contributed by atoms with E-state index < -0.39 is 5.91 Å². The molecule has 1 amide bonds. The van der Waals surface area contributed by atoms with Crippen molar-refractivity contribution < 1.29 is 4.79 Å². The predicted molar refractivity (Wildman–Crippen MR) is 63.6 cm³/mol. The summed E-state index contributed by atoms with van der Waals surface area (Å²) < 4.78 is 0. The van der Waals surface area contributed by atoms with E-state index in [2.05, 4.69) is 9.97 Å². The summed E-state index contributed by atoms with van der Waals surface area (Å²) in [6.07, 6.45) is 1.61. The molecule has 16 heavy (non-hydrogen) atoms. The number of carbonyl (C=O) groups excluding carboxylic acids is 1. The second-order valence-electron chi connectivity index (χ2n) is 3.17. The molecule has 6 heteroatoms. The van der Waals surface area contributed by atoms with Gasteiger partial charge in [0.2, 0.25) is 0 Å². The average molecular weight is 254 g/mol. The fourth-order valence-corrected chi connectivity index (χ4v) is 2.40. The van der Waals surface area contributed by atoms with Gasteiger partial charge in [-0.05, 0) is 24.6 Å². The van der Waals surface area contributed by atoms with Gasteiger partial charge < -0.3 is 5.73 Å². The molecule has 2 N–H and O–H groups in total. The molecule has 0 aromatic carbocycles. The first-order chi connectivity index (χ1) is 7.58. The van der Waals surface area contributed by atoms with Crippen LogP contribution >= 0.6 is 22.9 Å². The zero-order valence-electron chi connectivity index (χ0n) is 8.40. The van der Waals surface area contributed by atoms with Gasteiger partial charge in [-0.25, -0.2) is 9.97 Å². The van der Waals surface area contributed by atoms with Crippen molar-refractivity contribution >= 4 is 28.8 Å². The number of rotatable bonds is 2. The third-order valence-corrected chi connectivity index (χ3v) is 3.42. The Balaban J connectivity index is 2.52. The number of amides is 1. The number of primary amides is 1. The van der Waals surface area contributed by atoms with Crippen LogP contribution in [0.4, 0.5) is 0 Å². The molecule has 0 saturated heterocycles. The van der Waals surface area contributed by atoms with E-state index >= 15 is 0 Å². The minimum absolute atomic E-state index is 0.306. The summed E-state index contributed by atoms with van der Waals surface area (Å²) in [6.45, 7) is 1.83. The minimum Gasteiger partial charge on any atom is -0.364 e. The number of carbonyl (C=O) groups is 1. The van der Waals surface area contributed by atoms with E-state index in [4.69, 9.17) is 17.3 Å².